The van der Waals surface area contributed by atoms with Crippen molar-refractivity contribution in [1.29, 1.82) is 0 Å². The van der Waals surface area contributed by atoms with Gasteiger partial charge in [-0.25, -0.2) is 9.59 Å². The number of nitrogens with one attached hydrogen (secondary N) is 4. The molecule has 35 heavy (non-hydrogen) atoms. The maximum atomic E-state index is 12.5. The average Bonchev–Trinajstić information content (AvgIpc) is 2.82. The minimum Gasteiger partial charge on any atom is -0.444 e. The van der Waals surface area contributed by atoms with Crippen LogP contribution in [-0.2, 0) is 17.8 Å². The van der Waals surface area contributed by atoms with Crippen molar-refractivity contribution in [2.24, 2.45) is 0 Å². The van der Waals surface area contributed by atoms with E-state index in [9.17, 15) is 14.4 Å². The van der Waals surface area contributed by atoms with Crippen molar-refractivity contribution in [2.75, 3.05) is 10.6 Å². The second kappa shape index (κ2) is 11.6. The summed E-state index contributed by atoms with van der Waals surface area (Å²) in [5.74, 6) is -0.272. The van der Waals surface area contributed by atoms with Crippen LogP contribution in [0.3, 0.4) is 0 Å². The van der Waals surface area contributed by atoms with Gasteiger partial charge in [-0.15, -0.1) is 0 Å². The van der Waals surface area contributed by atoms with E-state index in [-0.39, 0.29) is 11.9 Å². The number of carbonyl (C=O) groups is 3. The molecule has 0 aliphatic heterocycles. The van der Waals surface area contributed by atoms with Crippen molar-refractivity contribution in [3.8, 4) is 0 Å². The summed E-state index contributed by atoms with van der Waals surface area (Å²) in [5.41, 5.74) is 2.80. The quantitative estimate of drug-likeness (QED) is 0.395. The number of rotatable bonds is 7. The van der Waals surface area contributed by atoms with E-state index < -0.39 is 11.7 Å². The summed E-state index contributed by atoms with van der Waals surface area (Å²) in [5, 5.41) is 11.0. The van der Waals surface area contributed by atoms with Crippen LogP contribution in [0.4, 0.5) is 21.0 Å². The molecule has 4 N–H and O–H groups in total. The smallest absolute Gasteiger partial charge is 0.412 e. The van der Waals surface area contributed by atoms with Crippen LogP contribution in [0, 0.1) is 0 Å². The van der Waals surface area contributed by atoms with Gasteiger partial charge in [-0.3, -0.25) is 15.1 Å². The molecule has 1 heterocycles. The minimum atomic E-state index is -0.587. The van der Waals surface area contributed by atoms with Gasteiger partial charge >= 0.3 is 12.1 Å². The van der Waals surface area contributed by atoms with E-state index in [2.05, 4.69) is 26.3 Å². The van der Waals surface area contributed by atoms with Crippen molar-refractivity contribution >= 4 is 29.4 Å². The molecular weight excluding hydrogens is 446 g/mol. The Hall–Kier alpha value is -4.40. The highest BCUT2D eigenvalue weighted by atomic mass is 16.6. The highest BCUT2D eigenvalue weighted by Crippen LogP contribution is 2.16. The number of aromatic nitrogens is 1. The Morgan fingerprint density at radius 2 is 1.40 bits per heavy atom. The van der Waals surface area contributed by atoms with Crippen molar-refractivity contribution in [2.45, 2.75) is 39.5 Å². The van der Waals surface area contributed by atoms with Gasteiger partial charge in [0, 0.05) is 42.4 Å². The standard InChI is InChI=1S/C26H29N5O4/c1-26(2,3)35-25(34)31-22-12-10-21(11-13-22)30-23(32)20-8-6-18(7-9-20)16-28-24(33)29-17-19-5-4-14-27-15-19/h4-15H,16-17H2,1-3H3,(H,30,32)(H,31,34)(H2,28,29,33). The van der Waals surface area contributed by atoms with E-state index in [0.29, 0.717) is 30.0 Å². The Balaban J connectivity index is 1.44. The average molecular weight is 476 g/mol. The molecule has 182 valence electrons. The fraction of sp³-hybridized carbons (Fsp3) is 0.231. The van der Waals surface area contributed by atoms with Crippen LogP contribution < -0.4 is 21.3 Å². The minimum absolute atomic E-state index is 0.272. The molecule has 0 aliphatic carbocycles. The Bertz CT molecular complexity index is 1140. The third kappa shape index (κ3) is 8.81. The normalized spacial score (nSPS) is 10.7. The predicted molar refractivity (Wildman–Crippen MR) is 134 cm³/mol. The maximum Gasteiger partial charge on any atom is 0.412 e. The molecule has 0 atom stereocenters. The van der Waals surface area contributed by atoms with Crippen LogP contribution in [-0.4, -0.2) is 28.6 Å². The molecule has 0 fully saturated rings. The number of benzene rings is 2. The SMILES string of the molecule is CC(C)(C)OC(=O)Nc1ccc(NC(=O)c2ccc(CNC(=O)NCc3cccnc3)cc2)cc1. The molecule has 0 aliphatic rings. The molecule has 9 heteroatoms. The number of ether oxygens (including phenoxy) is 1. The number of hydrogen-bond acceptors (Lipinski definition) is 5. The molecule has 3 rings (SSSR count). The highest BCUT2D eigenvalue weighted by molar-refractivity contribution is 6.04. The summed E-state index contributed by atoms with van der Waals surface area (Å²) in [6, 6.07) is 17.1. The van der Waals surface area contributed by atoms with E-state index in [0.717, 1.165) is 11.1 Å². The second-order valence-corrected chi connectivity index (χ2v) is 8.75. The number of pyridine rings is 1. The number of urea groups is 1. The van der Waals surface area contributed by atoms with E-state index in [4.69, 9.17) is 4.74 Å². The maximum absolute atomic E-state index is 12.5. The lowest BCUT2D eigenvalue weighted by Gasteiger charge is -2.19. The molecule has 0 saturated heterocycles. The third-order valence-electron chi connectivity index (χ3n) is 4.63. The molecule has 0 saturated carbocycles. The van der Waals surface area contributed by atoms with Crippen molar-refractivity contribution in [3.63, 3.8) is 0 Å². The molecule has 9 nitrogen and oxygen atoms in total. The van der Waals surface area contributed by atoms with Crippen LogP contribution in [0.25, 0.3) is 0 Å². The second-order valence-electron chi connectivity index (χ2n) is 8.75. The number of anilines is 2. The molecule has 0 unspecified atom stereocenters. The number of hydrogen-bond donors (Lipinski definition) is 4. The van der Waals surface area contributed by atoms with Gasteiger partial charge in [0.1, 0.15) is 5.60 Å². The monoisotopic (exact) mass is 475 g/mol. The number of amides is 4. The van der Waals surface area contributed by atoms with Gasteiger partial charge < -0.3 is 20.7 Å². The lowest BCUT2D eigenvalue weighted by atomic mass is 10.1. The van der Waals surface area contributed by atoms with Gasteiger partial charge in [0.2, 0.25) is 0 Å². The molecule has 4 amide bonds. The first kappa shape index (κ1) is 25.2. The molecular formula is C26H29N5O4. The summed E-state index contributed by atoms with van der Waals surface area (Å²) >= 11 is 0. The van der Waals surface area contributed by atoms with Crippen LogP contribution in [0.2, 0.25) is 0 Å². The fourth-order valence-electron chi connectivity index (χ4n) is 2.97. The van der Waals surface area contributed by atoms with E-state index in [1.807, 2.05) is 12.1 Å². The van der Waals surface area contributed by atoms with Crippen LogP contribution >= 0.6 is 0 Å². The molecule has 0 spiro atoms. The zero-order valence-corrected chi connectivity index (χ0v) is 19.9. The van der Waals surface area contributed by atoms with Crippen LogP contribution in [0.1, 0.15) is 42.3 Å². The lowest BCUT2D eigenvalue weighted by molar-refractivity contribution is 0.0635. The third-order valence-corrected chi connectivity index (χ3v) is 4.63. The Morgan fingerprint density at radius 1 is 0.800 bits per heavy atom. The fourth-order valence-corrected chi connectivity index (χ4v) is 2.97. The Labute approximate surface area is 204 Å². The predicted octanol–water partition coefficient (Wildman–Crippen LogP) is 4.68. The zero-order chi connectivity index (χ0) is 25.3. The summed E-state index contributed by atoms with van der Waals surface area (Å²) in [6.45, 7) is 6.08. The first-order valence-electron chi connectivity index (χ1n) is 11.1. The van der Waals surface area contributed by atoms with Gasteiger partial charge in [0.15, 0.2) is 0 Å². The lowest BCUT2D eigenvalue weighted by Crippen LogP contribution is -2.34. The highest BCUT2D eigenvalue weighted by Gasteiger charge is 2.16. The molecule has 3 aromatic rings. The molecule has 0 radical (unpaired) electrons. The number of nitrogens with zero attached hydrogens (tertiary/aromatic N) is 1. The summed E-state index contributed by atoms with van der Waals surface area (Å²) in [7, 11) is 0. The van der Waals surface area contributed by atoms with Crippen molar-refractivity contribution in [1.82, 2.24) is 15.6 Å². The zero-order valence-electron chi connectivity index (χ0n) is 19.9. The first-order valence-corrected chi connectivity index (χ1v) is 11.1. The van der Waals surface area contributed by atoms with Gasteiger partial charge in [-0.05, 0) is 74.4 Å². The van der Waals surface area contributed by atoms with Crippen LogP contribution in [0.15, 0.2) is 73.1 Å². The van der Waals surface area contributed by atoms with E-state index in [1.54, 1.807) is 81.7 Å². The van der Waals surface area contributed by atoms with E-state index >= 15 is 0 Å². The van der Waals surface area contributed by atoms with Crippen molar-refractivity contribution < 1.29 is 19.1 Å². The summed E-state index contributed by atoms with van der Waals surface area (Å²) in [6.07, 6.45) is 2.82. The first-order chi connectivity index (χ1) is 16.7. The Morgan fingerprint density at radius 3 is 1.97 bits per heavy atom. The largest absolute Gasteiger partial charge is 0.444 e. The van der Waals surface area contributed by atoms with Gasteiger partial charge in [-0.1, -0.05) is 18.2 Å². The van der Waals surface area contributed by atoms with Gasteiger partial charge in [0.05, 0.1) is 0 Å². The van der Waals surface area contributed by atoms with Crippen molar-refractivity contribution in [3.05, 3.63) is 89.7 Å². The molecule has 0 bridgehead atoms. The van der Waals surface area contributed by atoms with Gasteiger partial charge in [-0.2, -0.15) is 0 Å². The Kier molecular flexibility index (Phi) is 8.39. The molecule has 1 aromatic heterocycles. The van der Waals surface area contributed by atoms with Crippen LogP contribution in [0.5, 0.6) is 0 Å². The topological polar surface area (TPSA) is 121 Å². The summed E-state index contributed by atoms with van der Waals surface area (Å²) < 4.78 is 5.22. The molecule has 2 aromatic carbocycles. The summed E-state index contributed by atoms with van der Waals surface area (Å²) in [4.78, 5) is 40.4. The van der Waals surface area contributed by atoms with E-state index in [1.165, 1.54) is 0 Å². The van der Waals surface area contributed by atoms with Gasteiger partial charge in [0.25, 0.3) is 5.91 Å². The number of carbonyl (C=O) groups excluding carboxylic acids is 3.